The predicted molar refractivity (Wildman–Crippen MR) is 66.0 cm³/mol. The highest BCUT2D eigenvalue weighted by atomic mass is 19.3. The Morgan fingerprint density at radius 3 is 2.50 bits per heavy atom. The van der Waals surface area contributed by atoms with Crippen molar-refractivity contribution in [3.8, 4) is 0 Å². The predicted octanol–water partition coefficient (Wildman–Crippen LogP) is 3.46. The van der Waals surface area contributed by atoms with Crippen LogP contribution < -0.4 is 5.32 Å². The van der Waals surface area contributed by atoms with Crippen molar-refractivity contribution in [3.05, 3.63) is 46.2 Å². The number of aliphatic hydroxyl groups is 1. The second kappa shape index (κ2) is 6.69. The van der Waals surface area contributed by atoms with Crippen molar-refractivity contribution in [2.75, 3.05) is 5.32 Å². The average molecular weight is 288 g/mol. The first-order valence-electron chi connectivity index (χ1n) is 5.43. The van der Waals surface area contributed by atoms with E-state index in [1.165, 1.54) is 12.1 Å². The van der Waals surface area contributed by atoms with E-state index in [0.29, 0.717) is 0 Å². The molecule has 0 spiro atoms. The van der Waals surface area contributed by atoms with Crippen LogP contribution in [0.25, 0.3) is 0 Å². The second-order valence-electron chi connectivity index (χ2n) is 3.84. The van der Waals surface area contributed by atoms with Crippen LogP contribution in [0, 0.1) is 4.91 Å². The summed E-state index contributed by atoms with van der Waals surface area (Å²) in [5.74, 6) is -1.62. The van der Waals surface area contributed by atoms with E-state index in [9.17, 15) is 22.9 Å². The summed E-state index contributed by atoms with van der Waals surface area (Å²) in [6, 6.07) is 4.72. The smallest absolute Gasteiger partial charge is 0.281 e. The van der Waals surface area contributed by atoms with Crippen molar-refractivity contribution in [3.63, 3.8) is 0 Å². The van der Waals surface area contributed by atoms with Gasteiger partial charge in [-0.05, 0) is 29.8 Å². The third kappa shape index (κ3) is 3.81. The van der Waals surface area contributed by atoms with Crippen LogP contribution in [0.15, 0.2) is 40.9 Å². The maximum atomic E-state index is 13.1. The lowest BCUT2D eigenvalue weighted by atomic mass is 10.1. The van der Waals surface area contributed by atoms with Gasteiger partial charge in [-0.3, -0.25) is 4.79 Å². The normalized spacial score (nSPS) is 13.7. The monoisotopic (exact) mass is 288 g/mol. The first-order valence-corrected chi connectivity index (χ1v) is 5.43. The lowest BCUT2D eigenvalue weighted by Gasteiger charge is -2.10. The third-order valence-electron chi connectivity index (χ3n) is 2.33. The Kier molecular flexibility index (Phi) is 5.24. The van der Waals surface area contributed by atoms with Gasteiger partial charge < -0.3 is 10.4 Å². The Morgan fingerprint density at radius 2 is 2.00 bits per heavy atom. The number of alkyl halides is 3. The number of benzene rings is 1. The van der Waals surface area contributed by atoms with Gasteiger partial charge in [0.2, 0.25) is 5.70 Å². The summed E-state index contributed by atoms with van der Waals surface area (Å²) in [4.78, 5) is 21.9. The molecule has 8 heteroatoms. The summed E-state index contributed by atoms with van der Waals surface area (Å²) >= 11 is 0. The fraction of sp³-hybridized carbons (Fsp3) is 0.250. The van der Waals surface area contributed by atoms with Crippen LogP contribution in [-0.4, -0.2) is 17.4 Å². The van der Waals surface area contributed by atoms with Gasteiger partial charge >= 0.3 is 0 Å². The zero-order valence-corrected chi connectivity index (χ0v) is 10.3. The summed E-state index contributed by atoms with van der Waals surface area (Å²) in [5, 5.41) is 13.5. The highest BCUT2D eigenvalue weighted by molar-refractivity contribution is 6.03. The van der Waals surface area contributed by atoms with Gasteiger partial charge in [-0.25, -0.2) is 13.2 Å². The minimum atomic E-state index is -3.19. The number of nitrogens with zero attached hydrogens (tertiary/aromatic N) is 1. The van der Waals surface area contributed by atoms with Gasteiger partial charge in [-0.1, -0.05) is 12.1 Å². The van der Waals surface area contributed by atoms with Crippen LogP contribution in [0.3, 0.4) is 0 Å². The molecule has 0 saturated heterocycles. The zero-order chi connectivity index (χ0) is 15.3. The van der Waals surface area contributed by atoms with E-state index in [1.807, 2.05) is 0 Å². The Hall–Kier alpha value is -2.38. The van der Waals surface area contributed by atoms with Crippen LogP contribution in [0.1, 0.15) is 18.7 Å². The average Bonchev–Trinajstić information content (AvgIpc) is 2.38. The first kappa shape index (κ1) is 15.7. The molecule has 0 aromatic heterocycles. The summed E-state index contributed by atoms with van der Waals surface area (Å²) < 4.78 is 37.6. The number of aliphatic hydroxyl groups excluding tert-OH is 1. The number of hydrogen-bond acceptors (Lipinski definition) is 4. The van der Waals surface area contributed by atoms with Crippen molar-refractivity contribution < 1.29 is 23.1 Å². The number of halogens is 3. The van der Waals surface area contributed by atoms with Crippen molar-refractivity contribution in [2.45, 2.75) is 19.5 Å². The van der Waals surface area contributed by atoms with Crippen molar-refractivity contribution >= 4 is 11.6 Å². The van der Waals surface area contributed by atoms with Crippen LogP contribution in [-0.2, 0) is 4.79 Å². The maximum absolute atomic E-state index is 13.1. The summed E-state index contributed by atoms with van der Waals surface area (Å²) in [7, 11) is 0. The highest BCUT2D eigenvalue weighted by Crippen LogP contribution is 2.26. The van der Waals surface area contributed by atoms with Gasteiger partial charge in [0, 0.05) is 5.69 Å². The molecule has 108 valence electrons. The number of hydrogen-bond donors (Lipinski definition) is 2. The van der Waals surface area contributed by atoms with Gasteiger partial charge in [-0.2, -0.15) is 0 Å². The number of carbonyl (C=O) groups excluding carboxylic acids is 1. The summed E-state index contributed by atoms with van der Waals surface area (Å²) in [5.41, 5.74) is -1.07. The van der Waals surface area contributed by atoms with Gasteiger partial charge in [-0.15, -0.1) is 4.91 Å². The topological polar surface area (TPSA) is 78.8 Å². The molecule has 5 nitrogen and oxygen atoms in total. The Morgan fingerprint density at radius 1 is 1.35 bits per heavy atom. The molecule has 0 radical (unpaired) electrons. The molecule has 2 N–H and O–H groups in total. The number of anilines is 1. The van der Waals surface area contributed by atoms with E-state index in [1.54, 1.807) is 0 Å². The fourth-order valence-electron chi connectivity index (χ4n) is 1.40. The molecule has 1 unspecified atom stereocenters. The molecule has 0 aliphatic heterocycles. The molecule has 0 saturated carbocycles. The lowest BCUT2D eigenvalue weighted by Crippen LogP contribution is -2.15. The zero-order valence-electron chi connectivity index (χ0n) is 10.3. The number of allylic oxidation sites excluding steroid dienone is 1. The van der Waals surface area contributed by atoms with E-state index in [0.717, 1.165) is 19.1 Å². The summed E-state index contributed by atoms with van der Waals surface area (Å²) in [6.07, 6.45) is -5.67. The number of carbonyl (C=O) groups is 1. The van der Waals surface area contributed by atoms with Crippen molar-refractivity contribution in [1.29, 1.82) is 0 Å². The van der Waals surface area contributed by atoms with Gasteiger partial charge in [0.05, 0.1) is 0 Å². The molecular weight excluding hydrogens is 277 g/mol. The standard InChI is InChI=1S/C12H11F3N2O3/c1-6(18)10(17-20)12(19)16-8-4-2-3-7(5-8)9(13)11(14)15/h2-5,9,11,18H,1H3,(H,16,19). The fourth-order valence-corrected chi connectivity index (χ4v) is 1.40. The molecule has 20 heavy (non-hydrogen) atoms. The first-order chi connectivity index (χ1) is 9.36. The molecular formula is C12H11F3N2O3. The minimum Gasteiger partial charge on any atom is -0.510 e. The molecule has 1 aromatic carbocycles. The van der Waals surface area contributed by atoms with Crippen LogP contribution >= 0.6 is 0 Å². The molecule has 1 amide bonds. The molecule has 0 aliphatic carbocycles. The van der Waals surface area contributed by atoms with E-state index in [-0.39, 0.29) is 11.3 Å². The second-order valence-corrected chi connectivity index (χ2v) is 3.84. The maximum Gasteiger partial charge on any atom is 0.281 e. The molecule has 1 atom stereocenters. The van der Waals surface area contributed by atoms with Crippen LogP contribution in [0.4, 0.5) is 18.9 Å². The highest BCUT2D eigenvalue weighted by Gasteiger charge is 2.22. The Labute approximate surface area is 112 Å². The van der Waals surface area contributed by atoms with Crippen LogP contribution in [0.5, 0.6) is 0 Å². The minimum absolute atomic E-state index is 0.00167. The molecule has 0 fully saturated rings. The molecule has 1 aromatic rings. The van der Waals surface area contributed by atoms with Crippen molar-refractivity contribution in [1.82, 2.24) is 0 Å². The van der Waals surface area contributed by atoms with E-state index < -0.39 is 30.0 Å². The number of amides is 1. The molecule has 0 bridgehead atoms. The molecule has 0 heterocycles. The molecule has 0 aliphatic rings. The van der Waals surface area contributed by atoms with E-state index >= 15 is 0 Å². The van der Waals surface area contributed by atoms with E-state index in [4.69, 9.17) is 5.11 Å². The Bertz CT molecular complexity index is 543. The quantitative estimate of drug-likeness (QED) is 0.494. The van der Waals surface area contributed by atoms with Crippen LogP contribution in [0.2, 0.25) is 0 Å². The molecule has 1 rings (SSSR count). The number of rotatable bonds is 5. The Balaban J connectivity index is 2.95. The van der Waals surface area contributed by atoms with E-state index in [2.05, 4.69) is 10.5 Å². The number of nitroso groups, excluding NO2 is 1. The number of nitrogens with one attached hydrogen (secondary N) is 1. The van der Waals surface area contributed by atoms with Crippen molar-refractivity contribution in [2.24, 2.45) is 5.18 Å². The van der Waals surface area contributed by atoms with Gasteiger partial charge in [0.15, 0.2) is 6.17 Å². The summed E-state index contributed by atoms with van der Waals surface area (Å²) in [6.45, 7) is 1.08. The SMILES string of the molecule is CC(O)=C(N=O)C(=O)Nc1cccc(C(F)C(F)F)c1. The van der Waals surface area contributed by atoms with Gasteiger partial charge in [0.25, 0.3) is 12.3 Å². The lowest BCUT2D eigenvalue weighted by molar-refractivity contribution is -0.113. The van der Waals surface area contributed by atoms with Gasteiger partial charge in [0.1, 0.15) is 5.76 Å². The third-order valence-corrected chi connectivity index (χ3v) is 2.33. The largest absolute Gasteiger partial charge is 0.510 e.